The lowest BCUT2D eigenvalue weighted by molar-refractivity contribution is -0.124. The Morgan fingerprint density at radius 1 is 1.03 bits per heavy atom. The van der Waals surface area contributed by atoms with Gasteiger partial charge in [0.2, 0.25) is 5.91 Å². The summed E-state index contributed by atoms with van der Waals surface area (Å²) in [6.07, 6.45) is 0.774. The third-order valence-corrected chi connectivity index (χ3v) is 6.88. The Morgan fingerprint density at radius 3 is 2.43 bits per heavy atom. The van der Waals surface area contributed by atoms with Crippen molar-refractivity contribution in [2.24, 2.45) is 0 Å². The second-order valence-electron chi connectivity index (χ2n) is 9.11. The van der Waals surface area contributed by atoms with Crippen LogP contribution in [0.15, 0.2) is 78.9 Å². The first kappa shape index (κ1) is 26.4. The molecule has 4 rings (SSSR count). The van der Waals surface area contributed by atoms with Gasteiger partial charge in [-0.25, -0.2) is 4.39 Å². The van der Waals surface area contributed by atoms with Crippen LogP contribution in [0.2, 0.25) is 0 Å². The fraction of sp³-hybridized carbons (Fsp3) is 0.333. The number of hydrogen-bond donors (Lipinski definition) is 1. The standard InChI is InChI=1S/C30H34FN3O3/c1-3-33(24-10-5-4-6-11-24)19-9-18-32-29(35)27-25-12-7-8-13-26(25)30(36)34(20-21-37-2)28(27)22-14-16-23(31)17-15-22/h4-8,10-17,27-28H,3,9,18-21H2,1-2H3,(H,32,35). The summed E-state index contributed by atoms with van der Waals surface area (Å²) < 4.78 is 19.0. The SMILES string of the molecule is CCN(CCCNC(=O)C1c2ccccc2C(=O)N(CCOC)C1c1ccc(F)cc1)c1ccccc1. The van der Waals surface area contributed by atoms with Crippen molar-refractivity contribution in [2.45, 2.75) is 25.3 Å². The first-order valence-corrected chi connectivity index (χ1v) is 12.8. The van der Waals surface area contributed by atoms with E-state index in [0.717, 1.165) is 25.2 Å². The minimum absolute atomic E-state index is 0.153. The molecule has 3 aromatic carbocycles. The number of rotatable bonds is 11. The molecular weight excluding hydrogens is 469 g/mol. The van der Waals surface area contributed by atoms with E-state index in [0.29, 0.717) is 36.4 Å². The number of hydrogen-bond acceptors (Lipinski definition) is 4. The summed E-state index contributed by atoms with van der Waals surface area (Å²) in [6, 6.07) is 22.9. The largest absolute Gasteiger partial charge is 0.383 e. The third-order valence-electron chi connectivity index (χ3n) is 6.88. The lowest BCUT2D eigenvalue weighted by Crippen LogP contribution is -2.48. The number of anilines is 1. The van der Waals surface area contributed by atoms with Crippen molar-refractivity contribution in [3.05, 3.63) is 101 Å². The zero-order chi connectivity index (χ0) is 26.2. The van der Waals surface area contributed by atoms with Crippen LogP contribution < -0.4 is 10.2 Å². The summed E-state index contributed by atoms with van der Waals surface area (Å²) in [5.41, 5.74) is 3.06. The van der Waals surface area contributed by atoms with Crippen molar-refractivity contribution in [3.63, 3.8) is 0 Å². The number of para-hydroxylation sites is 1. The average molecular weight is 504 g/mol. The zero-order valence-corrected chi connectivity index (χ0v) is 21.4. The van der Waals surface area contributed by atoms with E-state index in [-0.39, 0.29) is 17.6 Å². The average Bonchev–Trinajstić information content (AvgIpc) is 2.93. The van der Waals surface area contributed by atoms with E-state index in [2.05, 4.69) is 29.3 Å². The van der Waals surface area contributed by atoms with E-state index in [1.165, 1.54) is 12.1 Å². The van der Waals surface area contributed by atoms with E-state index in [1.807, 2.05) is 30.3 Å². The fourth-order valence-corrected chi connectivity index (χ4v) is 5.04. The summed E-state index contributed by atoms with van der Waals surface area (Å²) in [5.74, 6) is -1.31. The molecule has 1 N–H and O–H groups in total. The van der Waals surface area contributed by atoms with Crippen LogP contribution in [0.5, 0.6) is 0 Å². The molecule has 2 amide bonds. The Morgan fingerprint density at radius 2 is 1.73 bits per heavy atom. The molecular formula is C30H34FN3O3. The summed E-state index contributed by atoms with van der Waals surface area (Å²) in [5, 5.41) is 3.12. The molecule has 3 aromatic rings. The van der Waals surface area contributed by atoms with E-state index in [1.54, 1.807) is 36.3 Å². The van der Waals surface area contributed by atoms with Crippen LogP contribution in [-0.4, -0.2) is 56.6 Å². The van der Waals surface area contributed by atoms with Crippen LogP contribution in [0.25, 0.3) is 0 Å². The highest BCUT2D eigenvalue weighted by Gasteiger charge is 2.43. The van der Waals surface area contributed by atoms with Crippen LogP contribution in [0.4, 0.5) is 10.1 Å². The quantitative estimate of drug-likeness (QED) is 0.383. The van der Waals surface area contributed by atoms with Crippen molar-refractivity contribution in [1.29, 1.82) is 0 Å². The number of benzene rings is 3. The molecule has 1 aliphatic heterocycles. The van der Waals surface area contributed by atoms with Gasteiger partial charge in [0.15, 0.2) is 0 Å². The molecule has 0 saturated carbocycles. The van der Waals surface area contributed by atoms with Gasteiger partial charge < -0.3 is 19.9 Å². The Hall–Kier alpha value is -3.71. The Kier molecular flexibility index (Phi) is 8.90. The third kappa shape index (κ3) is 6.00. The van der Waals surface area contributed by atoms with Crippen molar-refractivity contribution in [1.82, 2.24) is 10.2 Å². The molecule has 0 spiro atoms. The van der Waals surface area contributed by atoms with Crippen molar-refractivity contribution in [2.75, 3.05) is 44.8 Å². The normalized spacial score (nSPS) is 16.8. The van der Waals surface area contributed by atoms with E-state index >= 15 is 0 Å². The van der Waals surface area contributed by atoms with Crippen LogP contribution in [0.3, 0.4) is 0 Å². The van der Waals surface area contributed by atoms with E-state index < -0.39 is 12.0 Å². The van der Waals surface area contributed by atoms with Gasteiger partial charge in [0.1, 0.15) is 5.82 Å². The van der Waals surface area contributed by atoms with Crippen molar-refractivity contribution >= 4 is 17.5 Å². The molecule has 2 atom stereocenters. The lowest BCUT2D eigenvalue weighted by atomic mass is 9.79. The molecule has 1 aliphatic rings. The summed E-state index contributed by atoms with van der Waals surface area (Å²) >= 11 is 0. The van der Waals surface area contributed by atoms with Gasteiger partial charge in [0.05, 0.1) is 18.6 Å². The first-order valence-electron chi connectivity index (χ1n) is 12.8. The number of amides is 2. The van der Waals surface area contributed by atoms with Crippen LogP contribution in [0, 0.1) is 5.82 Å². The van der Waals surface area contributed by atoms with Crippen LogP contribution in [0.1, 0.15) is 46.8 Å². The highest BCUT2D eigenvalue weighted by atomic mass is 19.1. The maximum absolute atomic E-state index is 13.8. The number of nitrogens with zero attached hydrogens (tertiary/aromatic N) is 2. The minimum atomic E-state index is -0.632. The van der Waals surface area contributed by atoms with E-state index in [9.17, 15) is 14.0 Å². The number of carbonyl (C=O) groups excluding carboxylic acids is 2. The molecule has 6 nitrogen and oxygen atoms in total. The van der Waals surface area contributed by atoms with Gasteiger partial charge in [0, 0.05) is 44.5 Å². The van der Waals surface area contributed by atoms with Gasteiger partial charge in [-0.05, 0) is 54.8 Å². The molecule has 0 saturated heterocycles. The fourth-order valence-electron chi connectivity index (χ4n) is 5.04. The van der Waals surface area contributed by atoms with Crippen molar-refractivity contribution < 1.29 is 18.7 Å². The maximum atomic E-state index is 13.8. The lowest BCUT2D eigenvalue weighted by Gasteiger charge is -2.41. The second-order valence-corrected chi connectivity index (χ2v) is 9.11. The molecule has 1 heterocycles. The molecule has 7 heteroatoms. The highest BCUT2D eigenvalue weighted by molar-refractivity contribution is 6.01. The topological polar surface area (TPSA) is 61.9 Å². The molecule has 194 valence electrons. The Bertz CT molecular complexity index is 1190. The van der Waals surface area contributed by atoms with Gasteiger partial charge >= 0.3 is 0 Å². The number of nitrogens with one attached hydrogen (secondary N) is 1. The molecule has 2 unspecified atom stereocenters. The number of ether oxygens (including phenoxy) is 1. The Labute approximate surface area is 218 Å². The predicted molar refractivity (Wildman–Crippen MR) is 143 cm³/mol. The van der Waals surface area contributed by atoms with Gasteiger partial charge in [-0.3, -0.25) is 9.59 Å². The summed E-state index contributed by atoms with van der Waals surface area (Å²) in [7, 11) is 1.58. The zero-order valence-electron chi connectivity index (χ0n) is 21.4. The first-order chi connectivity index (χ1) is 18.0. The molecule has 0 aliphatic carbocycles. The van der Waals surface area contributed by atoms with Gasteiger partial charge in [-0.1, -0.05) is 48.5 Å². The molecule has 0 bridgehead atoms. The maximum Gasteiger partial charge on any atom is 0.254 e. The second kappa shape index (κ2) is 12.5. The minimum Gasteiger partial charge on any atom is -0.383 e. The smallest absolute Gasteiger partial charge is 0.254 e. The number of methoxy groups -OCH3 is 1. The van der Waals surface area contributed by atoms with Crippen LogP contribution >= 0.6 is 0 Å². The van der Waals surface area contributed by atoms with E-state index in [4.69, 9.17) is 4.74 Å². The molecule has 0 aromatic heterocycles. The van der Waals surface area contributed by atoms with Gasteiger partial charge in [-0.2, -0.15) is 0 Å². The number of fused-ring (bicyclic) bond motifs is 1. The predicted octanol–water partition coefficient (Wildman–Crippen LogP) is 4.79. The van der Waals surface area contributed by atoms with Gasteiger partial charge in [0.25, 0.3) is 5.91 Å². The molecule has 0 fully saturated rings. The number of carbonyl (C=O) groups is 2. The van der Waals surface area contributed by atoms with Crippen LogP contribution in [-0.2, 0) is 9.53 Å². The number of halogens is 1. The monoisotopic (exact) mass is 503 g/mol. The molecule has 0 radical (unpaired) electrons. The van der Waals surface area contributed by atoms with Crippen molar-refractivity contribution in [3.8, 4) is 0 Å². The highest BCUT2D eigenvalue weighted by Crippen LogP contribution is 2.42. The summed E-state index contributed by atoms with van der Waals surface area (Å²) in [4.78, 5) is 31.2. The summed E-state index contributed by atoms with van der Waals surface area (Å²) in [6.45, 7) is 4.94. The Balaban J connectivity index is 1.57. The van der Waals surface area contributed by atoms with Gasteiger partial charge in [-0.15, -0.1) is 0 Å². The molecule has 37 heavy (non-hydrogen) atoms.